The largest absolute Gasteiger partial charge is 0.384 e. The Morgan fingerprint density at radius 2 is 1.95 bits per heavy atom. The summed E-state index contributed by atoms with van der Waals surface area (Å²) in [5, 5.41) is 11.6. The quantitative estimate of drug-likeness (QED) is 0.847. The van der Waals surface area contributed by atoms with Crippen molar-refractivity contribution < 1.29 is 9.90 Å². The van der Waals surface area contributed by atoms with E-state index in [0.717, 1.165) is 16.7 Å². The molecule has 0 bridgehead atoms. The Labute approximate surface area is 124 Å². The van der Waals surface area contributed by atoms with Crippen molar-refractivity contribution in [2.45, 2.75) is 13.5 Å². The van der Waals surface area contributed by atoms with Crippen LogP contribution >= 0.6 is 0 Å². The molecule has 0 spiro atoms. The molecular formula is C18H17NO2. The maximum atomic E-state index is 12.1. The number of aryl methyl sites for hydroxylation is 1. The first-order valence-corrected chi connectivity index (χ1v) is 6.73. The smallest absolute Gasteiger partial charge is 0.251 e. The molecule has 0 atom stereocenters. The summed E-state index contributed by atoms with van der Waals surface area (Å²) >= 11 is 0. The topological polar surface area (TPSA) is 49.3 Å². The van der Waals surface area contributed by atoms with Crippen molar-refractivity contribution in [2.24, 2.45) is 0 Å². The maximum absolute atomic E-state index is 12.1. The number of carbonyl (C=O) groups excluding carboxylic acids is 1. The molecule has 3 heteroatoms. The van der Waals surface area contributed by atoms with E-state index in [9.17, 15) is 4.79 Å². The molecule has 0 heterocycles. The molecule has 2 aromatic rings. The van der Waals surface area contributed by atoms with Gasteiger partial charge in [-0.25, -0.2) is 0 Å². The number of aliphatic hydroxyl groups is 1. The average molecular weight is 279 g/mol. The predicted octanol–water partition coefficient (Wildman–Crippen LogP) is 2.27. The summed E-state index contributed by atoms with van der Waals surface area (Å²) in [5.41, 5.74) is 3.36. The van der Waals surface area contributed by atoms with Gasteiger partial charge in [-0.15, -0.1) is 0 Å². The lowest BCUT2D eigenvalue weighted by Gasteiger charge is -2.07. The number of rotatable bonds is 3. The molecule has 0 saturated carbocycles. The van der Waals surface area contributed by atoms with Crippen LogP contribution in [0.4, 0.5) is 0 Å². The van der Waals surface area contributed by atoms with Crippen LogP contribution in [0.3, 0.4) is 0 Å². The molecule has 3 nitrogen and oxygen atoms in total. The van der Waals surface area contributed by atoms with Crippen molar-refractivity contribution >= 4 is 5.91 Å². The zero-order chi connectivity index (χ0) is 15.1. The van der Waals surface area contributed by atoms with E-state index in [4.69, 9.17) is 5.11 Å². The van der Waals surface area contributed by atoms with Crippen LogP contribution in [0.25, 0.3) is 0 Å². The van der Waals surface area contributed by atoms with Crippen molar-refractivity contribution in [3.63, 3.8) is 0 Å². The van der Waals surface area contributed by atoms with E-state index in [1.165, 1.54) is 0 Å². The van der Waals surface area contributed by atoms with E-state index in [0.29, 0.717) is 12.1 Å². The van der Waals surface area contributed by atoms with Gasteiger partial charge >= 0.3 is 0 Å². The van der Waals surface area contributed by atoms with Gasteiger partial charge < -0.3 is 10.4 Å². The fourth-order valence-electron chi connectivity index (χ4n) is 1.91. The van der Waals surface area contributed by atoms with Gasteiger partial charge in [-0.05, 0) is 30.2 Å². The van der Waals surface area contributed by atoms with Crippen LogP contribution in [0.5, 0.6) is 0 Å². The van der Waals surface area contributed by atoms with Gasteiger partial charge in [-0.3, -0.25) is 4.79 Å². The van der Waals surface area contributed by atoms with Crippen LogP contribution in [0.2, 0.25) is 0 Å². The molecule has 0 fully saturated rings. The Morgan fingerprint density at radius 3 is 2.67 bits per heavy atom. The van der Waals surface area contributed by atoms with Crippen molar-refractivity contribution in [1.82, 2.24) is 5.32 Å². The van der Waals surface area contributed by atoms with Gasteiger partial charge in [0.05, 0.1) is 0 Å². The van der Waals surface area contributed by atoms with E-state index in [1.807, 2.05) is 43.3 Å². The summed E-state index contributed by atoms with van der Waals surface area (Å²) in [6, 6.07) is 15.1. The Morgan fingerprint density at radius 1 is 1.19 bits per heavy atom. The Kier molecular flexibility index (Phi) is 5.14. The molecule has 0 radical (unpaired) electrons. The molecule has 0 unspecified atom stereocenters. The summed E-state index contributed by atoms with van der Waals surface area (Å²) in [5.74, 6) is 5.32. The normalized spacial score (nSPS) is 9.62. The minimum absolute atomic E-state index is 0.133. The first-order chi connectivity index (χ1) is 10.2. The minimum atomic E-state index is -0.191. The summed E-state index contributed by atoms with van der Waals surface area (Å²) in [6.45, 7) is 2.22. The Bertz CT molecular complexity index is 681. The molecule has 2 N–H and O–H groups in total. The number of hydrogen-bond acceptors (Lipinski definition) is 2. The standard InChI is InChI=1S/C18H17NO2/c1-14-9-10-17(12-16(14)8-5-11-20)18(21)19-13-15-6-3-2-4-7-15/h2-4,6-7,9-10,12,20H,11,13H2,1H3,(H,19,21). The molecule has 0 aliphatic carbocycles. The first-order valence-electron chi connectivity index (χ1n) is 6.73. The van der Waals surface area contributed by atoms with Crippen LogP contribution < -0.4 is 5.32 Å². The van der Waals surface area contributed by atoms with E-state index in [2.05, 4.69) is 17.2 Å². The highest BCUT2D eigenvalue weighted by atomic mass is 16.2. The zero-order valence-corrected chi connectivity index (χ0v) is 11.9. The second kappa shape index (κ2) is 7.28. The van der Waals surface area contributed by atoms with E-state index in [1.54, 1.807) is 12.1 Å². The van der Waals surface area contributed by atoms with Gasteiger partial charge in [0.25, 0.3) is 5.91 Å². The monoisotopic (exact) mass is 279 g/mol. The van der Waals surface area contributed by atoms with Gasteiger partial charge in [-0.1, -0.05) is 48.2 Å². The van der Waals surface area contributed by atoms with E-state index >= 15 is 0 Å². The number of hydrogen-bond donors (Lipinski definition) is 2. The molecule has 0 saturated heterocycles. The lowest BCUT2D eigenvalue weighted by atomic mass is 10.0. The third kappa shape index (κ3) is 4.20. The summed E-state index contributed by atoms with van der Waals surface area (Å²) < 4.78 is 0. The molecule has 2 rings (SSSR count). The van der Waals surface area contributed by atoms with Crippen molar-refractivity contribution in [2.75, 3.05) is 6.61 Å². The molecule has 0 aromatic heterocycles. The number of benzene rings is 2. The van der Waals surface area contributed by atoms with Crippen LogP contribution in [-0.2, 0) is 6.54 Å². The summed E-state index contributed by atoms with van der Waals surface area (Å²) in [6.07, 6.45) is 0. The average Bonchev–Trinajstić information content (AvgIpc) is 2.53. The third-order valence-electron chi connectivity index (χ3n) is 3.10. The van der Waals surface area contributed by atoms with E-state index < -0.39 is 0 Å². The second-order valence-corrected chi connectivity index (χ2v) is 4.66. The lowest BCUT2D eigenvalue weighted by Crippen LogP contribution is -2.22. The predicted molar refractivity (Wildman–Crippen MR) is 82.8 cm³/mol. The molecule has 106 valence electrons. The summed E-state index contributed by atoms with van der Waals surface area (Å²) in [4.78, 5) is 12.1. The first kappa shape index (κ1) is 14.8. The van der Waals surface area contributed by atoms with Gasteiger partial charge in [0.15, 0.2) is 0 Å². The van der Waals surface area contributed by atoms with Crippen LogP contribution in [-0.4, -0.2) is 17.6 Å². The molecule has 0 aliphatic heterocycles. The minimum Gasteiger partial charge on any atom is -0.384 e. The second-order valence-electron chi connectivity index (χ2n) is 4.66. The molecular weight excluding hydrogens is 262 g/mol. The SMILES string of the molecule is Cc1ccc(C(=O)NCc2ccccc2)cc1C#CCO. The molecule has 1 amide bonds. The van der Waals surface area contributed by atoms with Crippen molar-refractivity contribution in [3.8, 4) is 11.8 Å². The van der Waals surface area contributed by atoms with Crippen molar-refractivity contribution in [3.05, 3.63) is 70.8 Å². The molecule has 0 aliphatic rings. The highest BCUT2D eigenvalue weighted by Gasteiger charge is 2.07. The zero-order valence-electron chi connectivity index (χ0n) is 11.9. The fraction of sp³-hybridized carbons (Fsp3) is 0.167. The van der Waals surface area contributed by atoms with Gasteiger partial charge in [0, 0.05) is 17.7 Å². The number of amides is 1. The third-order valence-corrected chi connectivity index (χ3v) is 3.10. The van der Waals surface area contributed by atoms with Crippen molar-refractivity contribution in [1.29, 1.82) is 0 Å². The van der Waals surface area contributed by atoms with Gasteiger partial charge in [-0.2, -0.15) is 0 Å². The number of aliphatic hydroxyl groups excluding tert-OH is 1. The Hall–Kier alpha value is -2.57. The highest BCUT2D eigenvalue weighted by molar-refractivity contribution is 5.94. The van der Waals surface area contributed by atoms with Gasteiger partial charge in [0.2, 0.25) is 0 Å². The Balaban J connectivity index is 2.09. The van der Waals surface area contributed by atoms with Gasteiger partial charge in [0.1, 0.15) is 6.61 Å². The molecule has 2 aromatic carbocycles. The summed E-state index contributed by atoms with van der Waals surface area (Å²) in [7, 11) is 0. The fourth-order valence-corrected chi connectivity index (χ4v) is 1.91. The van der Waals surface area contributed by atoms with Crippen LogP contribution in [0.15, 0.2) is 48.5 Å². The van der Waals surface area contributed by atoms with E-state index in [-0.39, 0.29) is 12.5 Å². The number of nitrogens with one attached hydrogen (secondary N) is 1. The van der Waals surface area contributed by atoms with Crippen LogP contribution in [0.1, 0.15) is 27.0 Å². The molecule has 21 heavy (non-hydrogen) atoms. The lowest BCUT2D eigenvalue weighted by molar-refractivity contribution is 0.0951. The number of carbonyl (C=O) groups is 1. The maximum Gasteiger partial charge on any atom is 0.251 e. The van der Waals surface area contributed by atoms with Crippen LogP contribution in [0, 0.1) is 18.8 Å². The highest BCUT2D eigenvalue weighted by Crippen LogP contribution is 2.10.